The molecule has 0 aromatic carbocycles. The van der Waals surface area contributed by atoms with E-state index >= 15 is 0 Å². The third kappa shape index (κ3) is 2.15. The molecule has 0 unspecified atom stereocenters. The molecular formula is C12H19N2O+. The van der Waals surface area contributed by atoms with Gasteiger partial charge in [-0.05, 0) is 13.3 Å². The van der Waals surface area contributed by atoms with Crippen molar-refractivity contribution < 1.29 is 10.4 Å². The van der Waals surface area contributed by atoms with Gasteiger partial charge in [0.25, 0.3) is 0 Å². The van der Waals surface area contributed by atoms with Crippen molar-refractivity contribution >= 4 is 0 Å². The summed E-state index contributed by atoms with van der Waals surface area (Å²) >= 11 is 0. The molecule has 3 nitrogen and oxygen atoms in total. The highest BCUT2D eigenvalue weighted by Crippen LogP contribution is 2.39. The molecule has 0 aromatic rings. The minimum Gasteiger partial charge on any atom is -0.377 e. The van der Waals surface area contributed by atoms with Crippen molar-refractivity contribution in [2.45, 2.75) is 44.8 Å². The van der Waals surface area contributed by atoms with E-state index in [2.05, 4.69) is 24.2 Å². The fourth-order valence-corrected chi connectivity index (χ4v) is 2.30. The maximum Gasteiger partial charge on any atom is 0.141 e. The van der Waals surface area contributed by atoms with Crippen LogP contribution in [0.15, 0.2) is 0 Å². The van der Waals surface area contributed by atoms with E-state index in [-0.39, 0.29) is 5.41 Å². The number of aliphatic hydroxyl groups is 1. The van der Waals surface area contributed by atoms with Crippen LogP contribution in [0.4, 0.5) is 0 Å². The zero-order valence-electron chi connectivity index (χ0n) is 9.45. The molecule has 1 fully saturated rings. The van der Waals surface area contributed by atoms with Gasteiger partial charge in [0, 0.05) is 12.8 Å². The van der Waals surface area contributed by atoms with Gasteiger partial charge in [0.2, 0.25) is 0 Å². The molecule has 0 aliphatic carbocycles. The zero-order valence-corrected chi connectivity index (χ0v) is 9.45. The molecule has 3 N–H and O–H groups in total. The Morgan fingerprint density at radius 3 is 2.87 bits per heavy atom. The second-order valence-corrected chi connectivity index (χ2v) is 4.84. The average molecular weight is 207 g/mol. The van der Waals surface area contributed by atoms with E-state index in [4.69, 9.17) is 11.7 Å². The van der Waals surface area contributed by atoms with Gasteiger partial charge < -0.3 is 10.4 Å². The first-order valence-electron chi connectivity index (χ1n) is 5.38. The minimum absolute atomic E-state index is 0.343. The van der Waals surface area contributed by atoms with Crippen LogP contribution in [0.1, 0.15) is 33.1 Å². The van der Waals surface area contributed by atoms with Crippen molar-refractivity contribution in [3.63, 3.8) is 0 Å². The number of terminal acetylenes is 1. The second kappa shape index (κ2) is 4.23. The van der Waals surface area contributed by atoms with Crippen LogP contribution in [-0.2, 0) is 0 Å². The van der Waals surface area contributed by atoms with E-state index in [1.807, 2.05) is 6.92 Å². The number of rotatable bonds is 2. The second-order valence-electron chi connectivity index (χ2n) is 4.84. The van der Waals surface area contributed by atoms with Crippen molar-refractivity contribution in [3.05, 3.63) is 0 Å². The summed E-state index contributed by atoms with van der Waals surface area (Å²) in [6.45, 7) is 4.83. The summed E-state index contributed by atoms with van der Waals surface area (Å²) in [6.07, 6.45) is 7.16. The van der Waals surface area contributed by atoms with Crippen molar-refractivity contribution in [3.8, 4) is 18.4 Å². The van der Waals surface area contributed by atoms with Gasteiger partial charge in [-0.3, -0.25) is 0 Å². The van der Waals surface area contributed by atoms with Gasteiger partial charge in [0.15, 0.2) is 0 Å². The Bertz CT molecular complexity index is 315. The molecule has 15 heavy (non-hydrogen) atoms. The smallest absolute Gasteiger partial charge is 0.141 e. The van der Waals surface area contributed by atoms with Gasteiger partial charge in [-0.15, -0.1) is 6.42 Å². The van der Waals surface area contributed by atoms with Crippen LogP contribution < -0.4 is 5.32 Å². The fraction of sp³-hybridized carbons (Fsp3) is 0.750. The summed E-state index contributed by atoms with van der Waals surface area (Å²) in [5, 5.41) is 21.2. The van der Waals surface area contributed by atoms with E-state index < -0.39 is 5.60 Å². The highest BCUT2D eigenvalue weighted by Gasteiger charge is 2.51. The van der Waals surface area contributed by atoms with Crippen LogP contribution in [0.3, 0.4) is 0 Å². The van der Waals surface area contributed by atoms with E-state index in [1.54, 1.807) is 0 Å². The quantitative estimate of drug-likeness (QED) is 0.627. The summed E-state index contributed by atoms with van der Waals surface area (Å²) in [7, 11) is 0. The maximum absolute atomic E-state index is 10.4. The van der Waals surface area contributed by atoms with Gasteiger partial charge >= 0.3 is 0 Å². The van der Waals surface area contributed by atoms with Crippen molar-refractivity contribution in [2.75, 3.05) is 6.54 Å². The number of piperidine rings is 1. The fourth-order valence-electron chi connectivity index (χ4n) is 2.30. The molecule has 0 aromatic heterocycles. The molecule has 3 atom stereocenters. The standard InChI is InChI=1S/C12H18N2O/c1-4-12(15)8-10(2)14-9-11(12,3)6-5-7-13/h1,10,14-15H,5-6,8-9H2,2-3H3/p+1/t10-,11+,12+/m1/s1. The van der Waals surface area contributed by atoms with Crippen LogP contribution in [0, 0.1) is 29.1 Å². The molecule has 1 saturated heterocycles. The molecule has 0 radical (unpaired) electrons. The molecule has 0 amide bonds. The van der Waals surface area contributed by atoms with Crippen molar-refractivity contribution in [1.29, 1.82) is 5.26 Å². The average Bonchev–Trinajstić information content (AvgIpc) is 2.22. The molecule has 3 heteroatoms. The van der Waals surface area contributed by atoms with Crippen LogP contribution in [0.2, 0.25) is 0 Å². The van der Waals surface area contributed by atoms with Gasteiger partial charge in [-0.1, -0.05) is 12.8 Å². The van der Waals surface area contributed by atoms with E-state index in [0.29, 0.717) is 25.3 Å². The molecule has 1 aliphatic rings. The lowest BCUT2D eigenvalue weighted by atomic mass is 9.65. The molecule has 0 spiro atoms. The molecule has 1 aliphatic heterocycles. The summed E-state index contributed by atoms with van der Waals surface area (Å²) < 4.78 is 0. The summed E-state index contributed by atoms with van der Waals surface area (Å²) in [5.74, 6) is 2.54. The van der Waals surface area contributed by atoms with Crippen LogP contribution >= 0.6 is 0 Å². The molecule has 0 bridgehead atoms. The van der Waals surface area contributed by atoms with Gasteiger partial charge in [-0.25, -0.2) is 0 Å². The first-order valence-corrected chi connectivity index (χ1v) is 5.38. The van der Waals surface area contributed by atoms with E-state index in [9.17, 15) is 5.11 Å². The van der Waals surface area contributed by atoms with Crippen molar-refractivity contribution in [2.24, 2.45) is 5.41 Å². The molecule has 0 saturated carbocycles. The Hall–Kier alpha value is -1.03. The molecule has 1 heterocycles. The third-order valence-corrected chi connectivity index (χ3v) is 3.61. The number of quaternary nitrogens is 1. The lowest BCUT2D eigenvalue weighted by molar-refractivity contribution is -0.713. The first-order chi connectivity index (χ1) is 6.97. The largest absolute Gasteiger partial charge is 0.377 e. The normalized spacial score (nSPS) is 40.5. The molecule has 82 valence electrons. The number of hydrogen-bond acceptors (Lipinski definition) is 2. The number of nitrogens with zero attached hydrogens (tertiary/aromatic N) is 1. The Balaban J connectivity index is 2.87. The minimum atomic E-state index is -1.06. The number of nitrogens with two attached hydrogens (primary N) is 1. The lowest BCUT2D eigenvalue weighted by Crippen LogP contribution is -2.96. The summed E-state index contributed by atoms with van der Waals surface area (Å²) in [4.78, 5) is 0. The van der Waals surface area contributed by atoms with Crippen molar-refractivity contribution in [1.82, 2.24) is 0 Å². The predicted octanol–water partition coefficient (Wildman–Crippen LogP) is 0.0164. The number of hydrogen-bond donors (Lipinski definition) is 2. The van der Waals surface area contributed by atoms with Gasteiger partial charge in [-0.2, -0.15) is 5.26 Å². The first kappa shape index (κ1) is 12.0. The topological polar surface area (TPSA) is 60.6 Å². The predicted molar refractivity (Wildman–Crippen MR) is 57.6 cm³/mol. The highest BCUT2D eigenvalue weighted by molar-refractivity contribution is 5.17. The van der Waals surface area contributed by atoms with Gasteiger partial charge in [0.05, 0.1) is 24.1 Å². The lowest BCUT2D eigenvalue weighted by Gasteiger charge is -2.45. The Morgan fingerprint density at radius 2 is 2.33 bits per heavy atom. The summed E-state index contributed by atoms with van der Waals surface area (Å²) in [6, 6.07) is 2.47. The zero-order chi connectivity index (χ0) is 11.5. The Labute approximate surface area is 91.5 Å². The Morgan fingerprint density at radius 1 is 1.67 bits per heavy atom. The monoisotopic (exact) mass is 207 g/mol. The van der Waals surface area contributed by atoms with Gasteiger partial charge in [0.1, 0.15) is 5.60 Å². The third-order valence-electron chi connectivity index (χ3n) is 3.61. The van der Waals surface area contributed by atoms with E-state index in [1.165, 1.54) is 0 Å². The molecular weight excluding hydrogens is 188 g/mol. The summed E-state index contributed by atoms with van der Waals surface area (Å²) in [5.41, 5.74) is -1.40. The SMILES string of the molecule is C#C[C@]1(O)C[C@@H](C)[NH2+]C[C@]1(C)CCC#N. The maximum atomic E-state index is 10.4. The van der Waals surface area contributed by atoms with Crippen LogP contribution in [0.25, 0.3) is 0 Å². The van der Waals surface area contributed by atoms with Crippen LogP contribution in [0.5, 0.6) is 0 Å². The molecule has 1 rings (SSSR count). The Kier molecular flexibility index (Phi) is 3.39. The number of nitriles is 1. The van der Waals surface area contributed by atoms with Crippen LogP contribution in [-0.4, -0.2) is 23.3 Å². The highest BCUT2D eigenvalue weighted by atomic mass is 16.3. The van der Waals surface area contributed by atoms with E-state index in [0.717, 1.165) is 6.54 Å².